The maximum Gasteiger partial charge on any atom is 0.255 e. The third kappa shape index (κ3) is 5.35. The van der Waals surface area contributed by atoms with Crippen LogP contribution in [0.3, 0.4) is 0 Å². The van der Waals surface area contributed by atoms with Crippen LogP contribution in [0, 0.1) is 0 Å². The zero-order chi connectivity index (χ0) is 10.4. The van der Waals surface area contributed by atoms with E-state index in [4.69, 9.17) is 5.84 Å². The third-order valence-corrected chi connectivity index (χ3v) is 1.28. The Labute approximate surface area is 76.8 Å². The topological polar surface area (TPSA) is 53.6 Å². The van der Waals surface area contributed by atoms with Crippen molar-refractivity contribution in [3.8, 4) is 0 Å². The van der Waals surface area contributed by atoms with Crippen molar-refractivity contribution in [3.63, 3.8) is 0 Å². The van der Waals surface area contributed by atoms with Crippen LogP contribution in [0.1, 0.15) is 13.8 Å². The van der Waals surface area contributed by atoms with E-state index in [1.54, 1.807) is 0 Å². The second kappa shape index (κ2) is 5.69. The number of halogens is 2. The van der Waals surface area contributed by atoms with Crippen LogP contribution in [0.2, 0.25) is 0 Å². The molecular formula is C7H16F2N4. The average molecular weight is 194 g/mol. The fourth-order valence-corrected chi connectivity index (χ4v) is 0.784. The number of hydrazine groups is 1. The highest BCUT2D eigenvalue weighted by Gasteiger charge is 2.11. The summed E-state index contributed by atoms with van der Waals surface area (Å²) in [5.41, 5.74) is 2.28. The number of hydrogen-bond donors (Lipinski definition) is 2. The number of guanidine groups is 1. The number of aliphatic imine (C=N–C) groups is 1. The summed E-state index contributed by atoms with van der Waals surface area (Å²) in [6.45, 7) is 3.30. The molecule has 0 atom stereocenters. The molecule has 0 fully saturated rings. The molecule has 0 aliphatic carbocycles. The molecule has 4 nitrogen and oxygen atoms in total. The molecule has 0 aliphatic heterocycles. The van der Waals surface area contributed by atoms with Crippen molar-refractivity contribution >= 4 is 5.96 Å². The van der Waals surface area contributed by atoms with Crippen LogP contribution in [0.25, 0.3) is 0 Å². The first-order chi connectivity index (χ1) is 5.97. The van der Waals surface area contributed by atoms with Crippen molar-refractivity contribution in [2.75, 3.05) is 13.6 Å². The Morgan fingerprint density at radius 3 is 2.38 bits per heavy atom. The predicted octanol–water partition coefficient (Wildman–Crippen LogP) is 0.411. The zero-order valence-corrected chi connectivity index (χ0v) is 8.09. The second-order valence-electron chi connectivity index (χ2n) is 2.96. The lowest BCUT2D eigenvalue weighted by Crippen LogP contribution is -2.45. The van der Waals surface area contributed by atoms with Gasteiger partial charge in [-0.3, -0.25) is 5.43 Å². The highest BCUT2D eigenvalue weighted by molar-refractivity contribution is 5.79. The van der Waals surface area contributed by atoms with Crippen molar-refractivity contribution in [1.82, 2.24) is 10.3 Å². The van der Waals surface area contributed by atoms with Crippen LogP contribution >= 0.6 is 0 Å². The van der Waals surface area contributed by atoms with Gasteiger partial charge < -0.3 is 4.90 Å². The monoisotopic (exact) mass is 194 g/mol. The summed E-state index contributed by atoms with van der Waals surface area (Å²) < 4.78 is 23.9. The van der Waals surface area contributed by atoms with Gasteiger partial charge in [0.2, 0.25) is 5.96 Å². The lowest BCUT2D eigenvalue weighted by atomic mass is 10.4. The molecule has 3 N–H and O–H groups in total. The molecule has 0 heterocycles. The van der Waals surface area contributed by atoms with E-state index in [1.807, 2.05) is 13.8 Å². The van der Waals surface area contributed by atoms with E-state index in [-0.39, 0.29) is 18.5 Å². The smallest absolute Gasteiger partial charge is 0.255 e. The predicted molar refractivity (Wildman–Crippen MR) is 48.5 cm³/mol. The van der Waals surface area contributed by atoms with Gasteiger partial charge in [0.05, 0.1) is 6.54 Å². The van der Waals surface area contributed by atoms with Crippen molar-refractivity contribution in [2.24, 2.45) is 10.8 Å². The maximum atomic E-state index is 12.0. The highest BCUT2D eigenvalue weighted by atomic mass is 19.3. The Balaban J connectivity index is 4.22. The number of nitrogens with one attached hydrogen (secondary N) is 1. The summed E-state index contributed by atoms with van der Waals surface area (Å²) >= 11 is 0. The normalized spacial score (nSPS) is 12.5. The van der Waals surface area contributed by atoms with Crippen LogP contribution in [0.5, 0.6) is 0 Å². The minimum Gasteiger partial charge on any atom is -0.339 e. The van der Waals surface area contributed by atoms with Gasteiger partial charge in [-0.15, -0.1) is 0 Å². The summed E-state index contributed by atoms with van der Waals surface area (Å²) in [7, 11) is 1.51. The Morgan fingerprint density at radius 2 is 2.08 bits per heavy atom. The molecule has 0 aliphatic rings. The third-order valence-electron chi connectivity index (χ3n) is 1.28. The van der Waals surface area contributed by atoms with E-state index in [9.17, 15) is 8.78 Å². The molecule has 0 bridgehead atoms. The van der Waals surface area contributed by atoms with Crippen molar-refractivity contribution in [1.29, 1.82) is 0 Å². The zero-order valence-electron chi connectivity index (χ0n) is 8.09. The lowest BCUT2D eigenvalue weighted by Gasteiger charge is -2.20. The molecule has 0 saturated heterocycles. The van der Waals surface area contributed by atoms with E-state index in [0.29, 0.717) is 0 Å². The molecule has 0 aromatic carbocycles. The van der Waals surface area contributed by atoms with Crippen molar-refractivity contribution in [3.05, 3.63) is 0 Å². The molecule has 0 unspecified atom stereocenters. The van der Waals surface area contributed by atoms with E-state index >= 15 is 0 Å². The molecule has 0 aromatic rings. The Hall–Kier alpha value is -0.910. The summed E-state index contributed by atoms with van der Waals surface area (Å²) in [4.78, 5) is 5.30. The molecule has 0 spiro atoms. The molecule has 0 rings (SSSR count). The summed E-state index contributed by atoms with van der Waals surface area (Å²) in [6, 6.07) is 0.0196. The van der Waals surface area contributed by atoms with E-state index in [1.165, 1.54) is 11.9 Å². The van der Waals surface area contributed by atoms with E-state index in [2.05, 4.69) is 10.4 Å². The Bertz CT molecular complexity index is 170. The van der Waals surface area contributed by atoms with E-state index in [0.717, 1.165) is 0 Å². The quantitative estimate of drug-likeness (QED) is 0.296. The van der Waals surface area contributed by atoms with E-state index < -0.39 is 6.43 Å². The Kier molecular flexibility index (Phi) is 5.29. The lowest BCUT2D eigenvalue weighted by molar-refractivity contribution is 0.122. The van der Waals surface area contributed by atoms with Crippen molar-refractivity contribution < 1.29 is 8.78 Å². The first-order valence-corrected chi connectivity index (χ1v) is 4.01. The highest BCUT2D eigenvalue weighted by Crippen LogP contribution is 1.97. The van der Waals surface area contributed by atoms with Gasteiger partial charge in [-0.2, -0.15) is 0 Å². The standard InChI is InChI=1S/C7H16F2N4/c1-5(2)11-7(12-10)13(3)4-6(8)9/h5-6H,4,10H2,1-3H3,(H,11,12). The minimum atomic E-state index is -2.39. The first kappa shape index (κ1) is 12.1. The fourth-order valence-electron chi connectivity index (χ4n) is 0.784. The van der Waals surface area contributed by atoms with Gasteiger partial charge >= 0.3 is 0 Å². The molecule has 0 saturated carbocycles. The van der Waals surface area contributed by atoms with Gasteiger partial charge in [-0.05, 0) is 13.8 Å². The molecule has 6 heteroatoms. The van der Waals surface area contributed by atoms with Gasteiger partial charge in [0, 0.05) is 13.1 Å². The number of alkyl halides is 2. The van der Waals surface area contributed by atoms with Crippen LogP contribution < -0.4 is 11.3 Å². The first-order valence-electron chi connectivity index (χ1n) is 4.01. The number of nitrogens with two attached hydrogens (primary N) is 1. The number of rotatable bonds is 3. The van der Waals surface area contributed by atoms with Crippen LogP contribution in [0.4, 0.5) is 8.78 Å². The van der Waals surface area contributed by atoms with Gasteiger partial charge in [-0.1, -0.05) is 0 Å². The van der Waals surface area contributed by atoms with Crippen LogP contribution in [-0.4, -0.2) is 36.9 Å². The number of hydrogen-bond acceptors (Lipinski definition) is 2. The van der Waals surface area contributed by atoms with Crippen LogP contribution in [-0.2, 0) is 0 Å². The summed E-state index contributed by atoms with van der Waals surface area (Å²) in [5.74, 6) is 5.40. The Morgan fingerprint density at radius 1 is 1.54 bits per heavy atom. The molecule has 78 valence electrons. The molecule has 0 radical (unpaired) electrons. The average Bonchev–Trinajstić information content (AvgIpc) is 1.98. The minimum absolute atomic E-state index is 0.0196. The van der Waals surface area contributed by atoms with Crippen LogP contribution in [0.15, 0.2) is 4.99 Å². The van der Waals surface area contributed by atoms with Gasteiger partial charge in [0.25, 0.3) is 6.43 Å². The summed E-state index contributed by atoms with van der Waals surface area (Å²) in [5, 5.41) is 0. The SMILES string of the molecule is CC(C)N=C(NN)N(C)CC(F)F. The fraction of sp³-hybridized carbons (Fsp3) is 0.857. The molecule has 0 aromatic heterocycles. The molecular weight excluding hydrogens is 178 g/mol. The molecule has 13 heavy (non-hydrogen) atoms. The van der Waals surface area contributed by atoms with Gasteiger partial charge in [0.15, 0.2) is 0 Å². The summed E-state index contributed by atoms with van der Waals surface area (Å²) in [6.07, 6.45) is -2.39. The largest absolute Gasteiger partial charge is 0.339 e. The van der Waals surface area contributed by atoms with Gasteiger partial charge in [0.1, 0.15) is 0 Å². The second-order valence-corrected chi connectivity index (χ2v) is 2.96. The maximum absolute atomic E-state index is 12.0. The molecule has 0 amide bonds. The van der Waals surface area contributed by atoms with Crippen molar-refractivity contribution in [2.45, 2.75) is 26.3 Å². The van der Waals surface area contributed by atoms with Gasteiger partial charge in [-0.25, -0.2) is 19.6 Å². The number of nitrogens with zero attached hydrogens (tertiary/aromatic N) is 2.